The topological polar surface area (TPSA) is 50.4 Å². The largest absolute Gasteiger partial charge is 0.352 e. The van der Waals surface area contributed by atoms with Gasteiger partial charge < -0.3 is 19.4 Å². The molecule has 0 aliphatic carbocycles. The van der Waals surface area contributed by atoms with Crippen molar-refractivity contribution in [2.24, 2.45) is 12.0 Å². The Morgan fingerprint density at radius 2 is 1.96 bits per heavy atom. The molecule has 0 bridgehead atoms. The molecule has 0 radical (unpaired) electrons. The molecule has 0 spiro atoms. The number of aromatic nitrogens is 3. The van der Waals surface area contributed by atoms with Gasteiger partial charge in [0.15, 0.2) is 5.96 Å². The van der Waals surface area contributed by atoms with E-state index in [9.17, 15) is 0 Å². The van der Waals surface area contributed by atoms with E-state index in [0.29, 0.717) is 0 Å². The Hall–Kier alpha value is -2.00. The predicted octanol–water partition coefficient (Wildman–Crippen LogP) is 3.75. The number of imidazole rings is 1. The Bertz CT molecular complexity index is 886. The van der Waals surface area contributed by atoms with E-state index in [1.165, 1.54) is 11.1 Å². The fourth-order valence-electron chi connectivity index (χ4n) is 2.96. The Balaban J connectivity index is 0.00000280. The Kier molecular flexibility index (Phi) is 8.37. The third-order valence-electron chi connectivity index (χ3n) is 4.44. The van der Waals surface area contributed by atoms with Crippen LogP contribution in [0.4, 0.5) is 0 Å². The molecule has 150 valence electrons. The molecule has 0 fully saturated rings. The van der Waals surface area contributed by atoms with Crippen LogP contribution in [0.2, 0.25) is 5.02 Å². The molecule has 1 N–H and O–H groups in total. The van der Waals surface area contributed by atoms with Crippen LogP contribution in [-0.4, -0.2) is 39.1 Å². The van der Waals surface area contributed by atoms with Crippen LogP contribution in [0.25, 0.3) is 0 Å². The summed E-state index contributed by atoms with van der Waals surface area (Å²) in [4.78, 5) is 10.5. The molecule has 0 aliphatic rings. The van der Waals surface area contributed by atoms with E-state index in [2.05, 4.69) is 49.0 Å². The highest BCUT2D eigenvalue weighted by Gasteiger charge is 2.09. The van der Waals surface area contributed by atoms with Gasteiger partial charge in [0, 0.05) is 58.5 Å². The number of aliphatic imine (C=N–C) groups is 1. The summed E-state index contributed by atoms with van der Waals surface area (Å²) >= 11 is 6.07. The van der Waals surface area contributed by atoms with Crippen molar-refractivity contribution in [3.8, 4) is 0 Å². The van der Waals surface area contributed by atoms with Crippen molar-refractivity contribution in [2.75, 3.05) is 14.1 Å². The first-order valence-electron chi connectivity index (χ1n) is 8.81. The number of aryl methyl sites for hydroxylation is 1. The summed E-state index contributed by atoms with van der Waals surface area (Å²) in [5.41, 5.74) is 3.59. The van der Waals surface area contributed by atoms with E-state index in [-0.39, 0.29) is 24.0 Å². The smallest absolute Gasteiger partial charge is 0.194 e. The highest BCUT2D eigenvalue weighted by molar-refractivity contribution is 14.0. The number of hydrogen-bond acceptors (Lipinski definition) is 2. The zero-order valence-electron chi connectivity index (χ0n) is 16.3. The van der Waals surface area contributed by atoms with Gasteiger partial charge in [-0.3, -0.25) is 4.99 Å². The monoisotopic (exact) mass is 512 g/mol. The lowest BCUT2D eigenvalue weighted by molar-refractivity contribution is 0.461. The molecule has 1 aromatic carbocycles. The van der Waals surface area contributed by atoms with Crippen LogP contribution in [0.15, 0.2) is 60.2 Å². The van der Waals surface area contributed by atoms with E-state index >= 15 is 0 Å². The van der Waals surface area contributed by atoms with Gasteiger partial charge in [0.1, 0.15) is 0 Å². The maximum atomic E-state index is 6.07. The van der Waals surface area contributed by atoms with E-state index in [0.717, 1.165) is 36.3 Å². The number of rotatable bonds is 6. The summed E-state index contributed by atoms with van der Waals surface area (Å²) in [7, 11) is 5.81. The lowest BCUT2D eigenvalue weighted by atomic mass is 10.1. The van der Waals surface area contributed by atoms with Crippen LogP contribution in [0.5, 0.6) is 0 Å². The quantitative estimate of drug-likeness (QED) is 0.311. The molecule has 0 amide bonds. The first-order valence-corrected chi connectivity index (χ1v) is 9.19. The molecule has 0 saturated heterocycles. The first kappa shape index (κ1) is 22.3. The minimum atomic E-state index is 0. The van der Waals surface area contributed by atoms with E-state index < -0.39 is 0 Å². The van der Waals surface area contributed by atoms with Crippen molar-refractivity contribution in [3.05, 3.63) is 77.1 Å². The maximum Gasteiger partial charge on any atom is 0.194 e. The summed E-state index contributed by atoms with van der Waals surface area (Å²) in [5, 5.41) is 4.17. The Morgan fingerprint density at radius 1 is 1.25 bits per heavy atom. The van der Waals surface area contributed by atoms with Gasteiger partial charge in [0.2, 0.25) is 0 Å². The Morgan fingerprint density at radius 3 is 2.54 bits per heavy atom. The number of halogens is 2. The van der Waals surface area contributed by atoms with E-state index in [1.807, 2.05) is 43.4 Å². The number of hydrogen-bond donors (Lipinski definition) is 1. The zero-order chi connectivity index (χ0) is 19.2. The molecule has 0 atom stereocenters. The third kappa shape index (κ3) is 6.00. The van der Waals surface area contributed by atoms with Gasteiger partial charge in [-0.15, -0.1) is 24.0 Å². The van der Waals surface area contributed by atoms with Crippen molar-refractivity contribution in [1.29, 1.82) is 0 Å². The fraction of sp³-hybridized carbons (Fsp3) is 0.300. The van der Waals surface area contributed by atoms with Crippen molar-refractivity contribution in [1.82, 2.24) is 24.3 Å². The molecule has 0 unspecified atom stereocenters. The van der Waals surface area contributed by atoms with Crippen LogP contribution in [0.1, 0.15) is 16.8 Å². The lowest BCUT2D eigenvalue weighted by Gasteiger charge is -2.22. The van der Waals surface area contributed by atoms with Crippen molar-refractivity contribution >= 4 is 41.5 Å². The minimum Gasteiger partial charge on any atom is -0.352 e. The molecule has 3 rings (SSSR count). The maximum absolute atomic E-state index is 6.07. The SMILES string of the molecule is CN=C(NCc1ccc(Cn2ccnc2)cc1)N(C)Cc1cc(Cl)cn1C.I. The summed E-state index contributed by atoms with van der Waals surface area (Å²) in [5.74, 6) is 0.842. The van der Waals surface area contributed by atoms with Crippen molar-refractivity contribution < 1.29 is 0 Å². The lowest BCUT2D eigenvalue weighted by Crippen LogP contribution is -2.38. The van der Waals surface area contributed by atoms with Crippen molar-refractivity contribution in [3.63, 3.8) is 0 Å². The van der Waals surface area contributed by atoms with Gasteiger partial charge in [-0.1, -0.05) is 35.9 Å². The van der Waals surface area contributed by atoms with Crippen molar-refractivity contribution in [2.45, 2.75) is 19.6 Å². The number of nitrogens with zero attached hydrogens (tertiary/aromatic N) is 5. The molecular weight excluding hydrogens is 487 g/mol. The standard InChI is InChI=1S/C20H25ClN6.HI/c1-22-20(26(3)14-19-10-18(21)13-25(19)2)24-11-16-4-6-17(7-5-16)12-27-9-8-23-15-27;/h4-10,13,15H,11-12,14H2,1-3H3,(H,22,24);1H. The summed E-state index contributed by atoms with van der Waals surface area (Å²) < 4.78 is 4.09. The van der Waals surface area contributed by atoms with Gasteiger partial charge in [0.25, 0.3) is 0 Å². The minimum absolute atomic E-state index is 0. The van der Waals surface area contributed by atoms with Gasteiger partial charge in [-0.25, -0.2) is 4.98 Å². The van der Waals surface area contributed by atoms with Gasteiger partial charge in [-0.2, -0.15) is 0 Å². The second-order valence-corrected chi connectivity index (χ2v) is 7.01. The summed E-state index contributed by atoms with van der Waals surface area (Å²) in [6, 6.07) is 10.6. The molecule has 2 aromatic heterocycles. The van der Waals surface area contributed by atoms with Gasteiger partial charge >= 0.3 is 0 Å². The fourth-order valence-corrected chi connectivity index (χ4v) is 3.23. The molecule has 3 aromatic rings. The molecule has 28 heavy (non-hydrogen) atoms. The Labute approximate surface area is 188 Å². The second-order valence-electron chi connectivity index (χ2n) is 6.57. The summed E-state index contributed by atoms with van der Waals surface area (Å²) in [6.07, 6.45) is 7.50. The number of guanidine groups is 1. The highest BCUT2D eigenvalue weighted by Crippen LogP contribution is 2.14. The summed E-state index contributed by atoms with van der Waals surface area (Å²) in [6.45, 7) is 2.28. The van der Waals surface area contributed by atoms with Gasteiger partial charge in [0.05, 0.1) is 17.9 Å². The third-order valence-corrected chi connectivity index (χ3v) is 4.65. The molecule has 0 saturated carbocycles. The van der Waals surface area contributed by atoms with E-state index in [1.54, 1.807) is 13.2 Å². The molecule has 0 aliphatic heterocycles. The second kappa shape index (κ2) is 10.5. The van der Waals surface area contributed by atoms with E-state index in [4.69, 9.17) is 11.6 Å². The van der Waals surface area contributed by atoms with Crippen LogP contribution in [-0.2, 0) is 26.7 Å². The normalized spacial score (nSPS) is 11.2. The van der Waals surface area contributed by atoms with Crippen LogP contribution in [0.3, 0.4) is 0 Å². The first-order chi connectivity index (χ1) is 13.0. The van der Waals surface area contributed by atoms with Gasteiger partial charge in [-0.05, 0) is 17.2 Å². The molecule has 2 heterocycles. The number of benzene rings is 1. The number of nitrogens with one attached hydrogen (secondary N) is 1. The molecule has 6 nitrogen and oxygen atoms in total. The predicted molar refractivity (Wildman–Crippen MR) is 125 cm³/mol. The van der Waals surface area contributed by atoms with Crippen LogP contribution in [0, 0.1) is 0 Å². The van der Waals surface area contributed by atoms with Crippen LogP contribution < -0.4 is 5.32 Å². The zero-order valence-corrected chi connectivity index (χ0v) is 19.4. The van der Waals surface area contributed by atoms with Crippen LogP contribution >= 0.6 is 35.6 Å². The average Bonchev–Trinajstić information content (AvgIpc) is 3.26. The molecular formula is C20H26ClIN6. The molecule has 8 heteroatoms. The average molecular weight is 513 g/mol. The highest BCUT2D eigenvalue weighted by atomic mass is 127.